The van der Waals surface area contributed by atoms with Crippen LogP contribution in [0.3, 0.4) is 0 Å². The maximum Gasteiger partial charge on any atom is 0.324 e. The molecule has 1 saturated carbocycles. The van der Waals surface area contributed by atoms with E-state index in [9.17, 15) is 9.90 Å². The van der Waals surface area contributed by atoms with Crippen molar-refractivity contribution in [1.82, 2.24) is 10.2 Å². The van der Waals surface area contributed by atoms with Gasteiger partial charge in [0.1, 0.15) is 5.54 Å². The summed E-state index contributed by atoms with van der Waals surface area (Å²) in [5.74, 6) is -0.182. The molecule has 1 aliphatic rings. The van der Waals surface area contributed by atoms with Gasteiger partial charge in [-0.25, -0.2) is 0 Å². The quantitative estimate of drug-likeness (QED) is 0.647. The summed E-state index contributed by atoms with van der Waals surface area (Å²) in [6.07, 6.45) is 4.36. The molecule has 0 aromatic heterocycles. The van der Waals surface area contributed by atoms with Crippen LogP contribution in [0.25, 0.3) is 0 Å². The van der Waals surface area contributed by atoms with Crippen LogP contribution in [0.5, 0.6) is 0 Å². The van der Waals surface area contributed by atoms with E-state index in [0.29, 0.717) is 24.5 Å². The number of hydrogen-bond donors (Lipinski definition) is 2. The highest BCUT2D eigenvalue weighted by molar-refractivity contribution is 5.78. The molecule has 0 bridgehead atoms. The van der Waals surface area contributed by atoms with E-state index in [2.05, 4.69) is 37.9 Å². The van der Waals surface area contributed by atoms with Crippen molar-refractivity contribution in [3.63, 3.8) is 0 Å². The first-order valence-corrected chi connectivity index (χ1v) is 8.07. The number of nitrogens with one attached hydrogen (secondary N) is 1. The third kappa shape index (κ3) is 5.06. The minimum atomic E-state index is -0.835. The molecule has 20 heavy (non-hydrogen) atoms. The normalized spacial score (nSPS) is 18.8. The van der Waals surface area contributed by atoms with Crippen LogP contribution >= 0.6 is 0 Å². The standard InChI is InChI=1S/C16H32N2O2/c1-6-14(7-2)18(10-12(3)4)11-16(5,15(19)20)17-13-8-9-13/h12-14,17H,6-11H2,1-5H3,(H,19,20). The third-order valence-corrected chi connectivity index (χ3v) is 4.15. The third-order valence-electron chi connectivity index (χ3n) is 4.15. The molecule has 0 amide bonds. The lowest BCUT2D eigenvalue weighted by atomic mass is 9.98. The minimum absolute atomic E-state index is 0.402. The Morgan fingerprint density at radius 2 is 1.90 bits per heavy atom. The number of nitrogens with zero attached hydrogens (tertiary/aromatic N) is 1. The van der Waals surface area contributed by atoms with E-state index < -0.39 is 11.5 Å². The Morgan fingerprint density at radius 3 is 2.25 bits per heavy atom. The highest BCUT2D eigenvalue weighted by Gasteiger charge is 2.40. The van der Waals surface area contributed by atoms with Crippen LogP contribution in [0.2, 0.25) is 0 Å². The number of aliphatic carboxylic acids is 1. The Balaban J connectivity index is 2.79. The topological polar surface area (TPSA) is 52.6 Å². The van der Waals surface area contributed by atoms with Gasteiger partial charge in [0.25, 0.3) is 0 Å². The molecule has 1 atom stereocenters. The molecule has 2 N–H and O–H groups in total. The number of rotatable bonds is 10. The molecule has 1 unspecified atom stereocenters. The van der Waals surface area contributed by atoms with E-state index in [-0.39, 0.29) is 0 Å². The van der Waals surface area contributed by atoms with Crippen molar-refractivity contribution in [2.45, 2.75) is 77.9 Å². The molecule has 0 aromatic carbocycles. The van der Waals surface area contributed by atoms with Crippen molar-refractivity contribution in [2.75, 3.05) is 13.1 Å². The van der Waals surface area contributed by atoms with Crippen molar-refractivity contribution in [2.24, 2.45) is 5.92 Å². The SMILES string of the molecule is CCC(CC)N(CC(C)C)CC(C)(NC1CC1)C(=O)O. The Bertz CT molecular complexity index is 312. The van der Waals surface area contributed by atoms with Crippen LogP contribution in [0.4, 0.5) is 0 Å². The zero-order valence-electron chi connectivity index (χ0n) is 13.8. The first-order chi connectivity index (χ1) is 9.32. The molecule has 0 heterocycles. The van der Waals surface area contributed by atoms with Gasteiger partial charge < -0.3 is 5.11 Å². The fourth-order valence-electron chi connectivity index (χ4n) is 2.88. The van der Waals surface area contributed by atoms with E-state index in [4.69, 9.17) is 0 Å². The second-order valence-corrected chi connectivity index (χ2v) is 6.85. The molecule has 1 fully saturated rings. The fourth-order valence-corrected chi connectivity index (χ4v) is 2.88. The van der Waals surface area contributed by atoms with Gasteiger partial charge in [-0.15, -0.1) is 0 Å². The van der Waals surface area contributed by atoms with E-state index in [0.717, 1.165) is 32.2 Å². The summed E-state index contributed by atoms with van der Waals surface area (Å²) in [6.45, 7) is 12.2. The molecule has 0 aromatic rings. The van der Waals surface area contributed by atoms with Crippen molar-refractivity contribution in [1.29, 1.82) is 0 Å². The molecule has 4 nitrogen and oxygen atoms in total. The van der Waals surface area contributed by atoms with E-state index in [1.165, 1.54) is 0 Å². The van der Waals surface area contributed by atoms with Crippen LogP contribution in [0, 0.1) is 5.92 Å². The lowest BCUT2D eigenvalue weighted by Gasteiger charge is -2.38. The largest absolute Gasteiger partial charge is 0.480 e. The second kappa shape index (κ2) is 7.41. The number of carbonyl (C=O) groups is 1. The highest BCUT2D eigenvalue weighted by Crippen LogP contribution is 2.24. The van der Waals surface area contributed by atoms with Gasteiger partial charge in [0.2, 0.25) is 0 Å². The first-order valence-electron chi connectivity index (χ1n) is 8.07. The van der Waals surface area contributed by atoms with Crippen molar-refractivity contribution in [3.8, 4) is 0 Å². The molecule has 118 valence electrons. The second-order valence-electron chi connectivity index (χ2n) is 6.85. The molecule has 0 spiro atoms. The summed E-state index contributed by atoms with van der Waals surface area (Å²) in [4.78, 5) is 14.1. The van der Waals surface area contributed by atoms with Crippen LogP contribution in [0.1, 0.15) is 60.3 Å². The first kappa shape index (κ1) is 17.4. The molecule has 0 radical (unpaired) electrons. The van der Waals surface area contributed by atoms with E-state index >= 15 is 0 Å². The minimum Gasteiger partial charge on any atom is -0.480 e. The maximum atomic E-state index is 11.7. The zero-order chi connectivity index (χ0) is 15.3. The smallest absolute Gasteiger partial charge is 0.324 e. The van der Waals surface area contributed by atoms with Gasteiger partial charge in [0.15, 0.2) is 0 Å². The lowest BCUT2D eigenvalue weighted by Crippen LogP contribution is -2.59. The summed E-state index contributed by atoms with van der Waals surface area (Å²) in [5, 5.41) is 13.0. The predicted octanol–water partition coefficient (Wildman–Crippen LogP) is 2.73. The van der Waals surface area contributed by atoms with Gasteiger partial charge in [-0.05, 0) is 38.5 Å². The average molecular weight is 284 g/mol. The lowest BCUT2D eigenvalue weighted by molar-refractivity contribution is -0.145. The highest BCUT2D eigenvalue weighted by atomic mass is 16.4. The van der Waals surface area contributed by atoms with Gasteiger partial charge in [0, 0.05) is 25.2 Å². The Morgan fingerprint density at radius 1 is 1.35 bits per heavy atom. The van der Waals surface area contributed by atoms with Crippen LogP contribution in [-0.4, -0.2) is 46.7 Å². The summed E-state index contributed by atoms with van der Waals surface area (Å²) in [6, 6.07) is 0.871. The van der Waals surface area contributed by atoms with Gasteiger partial charge in [-0.2, -0.15) is 0 Å². The van der Waals surface area contributed by atoms with Crippen LogP contribution in [-0.2, 0) is 4.79 Å². The Kier molecular flexibility index (Phi) is 6.46. The molecule has 0 aliphatic heterocycles. The number of hydrogen-bond acceptors (Lipinski definition) is 3. The Hall–Kier alpha value is -0.610. The predicted molar refractivity (Wildman–Crippen MR) is 83.0 cm³/mol. The summed E-state index contributed by atoms with van der Waals surface area (Å²) in [7, 11) is 0. The van der Waals surface area contributed by atoms with Gasteiger partial charge in [0.05, 0.1) is 0 Å². The molecular weight excluding hydrogens is 252 g/mol. The van der Waals surface area contributed by atoms with Crippen molar-refractivity contribution < 1.29 is 9.90 Å². The van der Waals surface area contributed by atoms with Gasteiger partial charge in [-0.1, -0.05) is 27.7 Å². The van der Waals surface area contributed by atoms with E-state index in [1.807, 2.05) is 6.92 Å². The fraction of sp³-hybridized carbons (Fsp3) is 0.938. The Labute approximate surface area is 123 Å². The van der Waals surface area contributed by atoms with E-state index in [1.54, 1.807) is 0 Å². The molecule has 0 saturated heterocycles. The maximum absolute atomic E-state index is 11.7. The zero-order valence-corrected chi connectivity index (χ0v) is 13.8. The number of carboxylic acid groups (broad SMARTS) is 1. The van der Waals surface area contributed by atoms with Gasteiger partial charge in [-0.3, -0.25) is 15.0 Å². The summed E-state index contributed by atoms with van der Waals surface area (Å²) in [5.41, 5.74) is -0.835. The summed E-state index contributed by atoms with van der Waals surface area (Å²) >= 11 is 0. The summed E-state index contributed by atoms with van der Waals surface area (Å²) < 4.78 is 0. The van der Waals surface area contributed by atoms with Crippen molar-refractivity contribution >= 4 is 5.97 Å². The van der Waals surface area contributed by atoms with Crippen molar-refractivity contribution in [3.05, 3.63) is 0 Å². The van der Waals surface area contributed by atoms with Gasteiger partial charge >= 0.3 is 5.97 Å². The molecular formula is C16H32N2O2. The average Bonchev–Trinajstić information content (AvgIpc) is 3.13. The van der Waals surface area contributed by atoms with Crippen LogP contribution < -0.4 is 5.32 Å². The van der Waals surface area contributed by atoms with Crippen LogP contribution in [0.15, 0.2) is 0 Å². The molecule has 4 heteroatoms. The molecule has 1 rings (SSSR count). The molecule has 1 aliphatic carbocycles. The number of carboxylic acids is 1. The monoisotopic (exact) mass is 284 g/mol.